The molecule has 0 aromatic heterocycles. The van der Waals surface area contributed by atoms with Gasteiger partial charge in [-0.15, -0.1) is 0 Å². The molecule has 52 heavy (non-hydrogen) atoms. The molecule has 3 aliphatic heterocycles. The molecule has 4 aromatic rings. The van der Waals surface area contributed by atoms with Gasteiger partial charge >= 0.3 is 0 Å². The van der Waals surface area contributed by atoms with E-state index in [1.54, 1.807) is 0 Å². The van der Waals surface area contributed by atoms with E-state index in [2.05, 4.69) is 0 Å². The number of aromatic hydroxyl groups is 7. The summed E-state index contributed by atoms with van der Waals surface area (Å²) in [5.41, 5.74) is 0.333. The monoisotopic (exact) mass is 724 g/mol. The van der Waals surface area contributed by atoms with Crippen LogP contribution in [0.5, 0.6) is 51.7 Å². The molecular weight excluding hydrogens is 688 g/mol. The number of phenolic OH excluding ortho intramolecular Hbond substituents is 7. The maximum absolute atomic E-state index is 11.7. The largest absolute Gasteiger partial charge is 0.508 e. The number of aliphatic hydroxyl groups excluding tert-OH is 5. The third kappa shape index (κ3) is 5.99. The summed E-state index contributed by atoms with van der Waals surface area (Å²) in [7, 11) is 0. The molecule has 276 valence electrons. The molecule has 3 heterocycles. The first kappa shape index (κ1) is 35.2. The van der Waals surface area contributed by atoms with Crippen LogP contribution < -0.4 is 9.47 Å². The number of fused-ring (bicyclic) bond motifs is 2. The van der Waals surface area contributed by atoms with Gasteiger partial charge in [-0.1, -0.05) is 18.2 Å². The lowest BCUT2D eigenvalue weighted by Crippen LogP contribution is -2.60. The molecule has 3 aliphatic rings. The molecule has 10 atom stereocenters. The Bertz CT molecular complexity index is 1970. The van der Waals surface area contributed by atoms with Gasteiger partial charge in [0.25, 0.3) is 0 Å². The second-order valence-electron chi connectivity index (χ2n) is 13.0. The third-order valence-corrected chi connectivity index (χ3v) is 9.68. The van der Waals surface area contributed by atoms with Crippen LogP contribution >= 0.6 is 0 Å². The van der Waals surface area contributed by atoms with Gasteiger partial charge in [0.15, 0.2) is 23.9 Å². The number of benzene rings is 4. The van der Waals surface area contributed by atoms with Gasteiger partial charge in [0.1, 0.15) is 76.9 Å². The topological polar surface area (TPSA) is 280 Å². The lowest BCUT2D eigenvalue weighted by atomic mass is 9.77. The first-order valence-corrected chi connectivity index (χ1v) is 16.2. The SMILES string of the molecule is OCC1OC(OC2C(c3ccc(O)cc3)Oc3cc(O)cc(O)c3C2c2c(O)cc(O)c3c2OC(c2ccc(O)c(O)c2)C(O)C3)C(O)C(O)C1O. The van der Waals surface area contributed by atoms with Gasteiger partial charge in [-0.3, -0.25) is 0 Å². The summed E-state index contributed by atoms with van der Waals surface area (Å²) in [6.07, 6.45) is -14.3. The van der Waals surface area contributed by atoms with E-state index >= 15 is 0 Å². The zero-order valence-electron chi connectivity index (χ0n) is 27.0. The van der Waals surface area contributed by atoms with Crippen LogP contribution in [-0.4, -0.2) is 111 Å². The number of rotatable bonds is 6. The predicted molar refractivity (Wildman–Crippen MR) is 174 cm³/mol. The minimum atomic E-state index is -1.91. The molecule has 0 radical (unpaired) electrons. The van der Waals surface area contributed by atoms with Crippen molar-refractivity contribution in [3.63, 3.8) is 0 Å². The molecule has 1 saturated heterocycles. The van der Waals surface area contributed by atoms with E-state index in [-0.39, 0.29) is 45.9 Å². The highest BCUT2D eigenvalue weighted by atomic mass is 16.7. The Morgan fingerprint density at radius 1 is 0.615 bits per heavy atom. The maximum atomic E-state index is 11.7. The molecule has 1 fully saturated rings. The number of phenols is 7. The van der Waals surface area contributed by atoms with Gasteiger partial charge < -0.3 is 80.2 Å². The van der Waals surface area contributed by atoms with E-state index in [1.165, 1.54) is 48.5 Å². The van der Waals surface area contributed by atoms with Gasteiger partial charge in [0, 0.05) is 41.3 Å². The van der Waals surface area contributed by atoms with Crippen LogP contribution in [0.1, 0.15) is 45.9 Å². The maximum Gasteiger partial charge on any atom is 0.187 e. The highest BCUT2D eigenvalue weighted by Gasteiger charge is 2.51. The van der Waals surface area contributed by atoms with Crippen LogP contribution in [-0.2, 0) is 15.9 Å². The number of hydrogen-bond donors (Lipinski definition) is 12. The van der Waals surface area contributed by atoms with Gasteiger partial charge in [-0.2, -0.15) is 0 Å². The molecule has 16 heteroatoms. The van der Waals surface area contributed by atoms with Crippen molar-refractivity contribution < 1.29 is 80.2 Å². The molecule has 0 amide bonds. The van der Waals surface area contributed by atoms with Gasteiger partial charge in [0.2, 0.25) is 0 Å². The molecule has 4 aromatic carbocycles. The van der Waals surface area contributed by atoms with Crippen LogP contribution in [0.3, 0.4) is 0 Å². The zero-order valence-corrected chi connectivity index (χ0v) is 27.0. The van der Waals surface area contributed by atoms with Crippen molar-refractivity contribution in [1.82, 2.24) is 0 Å². The molecule has 10 unspecified atom stereocenters. The summed E-state index contributed by atoms with van der Waals surface area (Å²) in [4.78, 5) is 0. The number of hydrogen-bond acceptors (Lipinski definition) is 16. The average Bonchev–Trinajstić information content (AvgIpc) is 3.10. The van der Waals surface area contributed by atoms with Crippen molar-refractivity contribution in [2.24, 2.45) is 0 Å². The van der Waals surface area contributed by atoms with Crippen molar-refractivity contribution in [3.05, 3.63) is 88.5 Å². The molecule has 0 aliphatic carbocycles. The Hall–Kier alpha value is -5.20. The summed E-state index contributed by atoms with van der Waals surface area (Å²) >= 11 is 0. The first-order valence-electron chi connectivity index (χ1n) is 16.2. The van der Waals surface area contributed by atoms with Crippen molar-refractivity contribution in [1.29, 1.82) is 0 Å². The van der Waals surface area contributed by atoms with E-state index in [4.69, 9.17) is 18.9 Å². The standard InChI is InChI=1S/C36H36O16/c37-12-25-29(46)30(47)31(48)36(50-25)52-35-28(26-21(43)8-16(39)9-24(26)49-33(35)13-1-4-15(38)5-2-13)27-22(44)11-19(41)17-10-23(45)32(51-34(17)27)14-3-6-18(40)20(42)7-14/h1-9,11,23,25,28-33,35-48H,10,12H2. The summed E-state index contributed by atoms with van der Waals surface area (Å²) < 4.78 is 24.7. The fourth-order valence-electron chi connectivity index (χ4n) is 7.12. The minimum Gasteiger partial charge on any atom is -0.508 e. The fraction of sp³-hybridized carbons (Fsp3) is 0.333. The minimum absolute atomic E-state index is 0.0265. The Labute approximate surface area is 294 Å². The van der Waals surface area contributed by atoms with Crippen molar-refractivity contribution in [2.75, 3.05) is 6.61 Å². The average molecular weight is 725 g/mol. The summed E-state index contributed by atoms with van der Waals surface area (Å²) in [6.45, 7) is -0.781. The smallest absolute Gasteiger partial charge is 0.187 e. The van der Waals surface area contributed by atoms with Crippen LogP contribution in [0, 0.1) is 0 Å². The second kappa shape index (κ2) is 13.4. The highest BCUT2D eigenvalue weighted by Crippen LogP contribution is 2.58. The Kier molecular flexibility index (Phi) is 9.08. The first-order chi connectivity index (χ1) is 24.8. The van der Waals surface area contributed by atoms with Gasteiger partial charge in [-0.25, -0.2) is 0 Å². The zero-order chi connectivity index (χ0) is 37.2. The predicted octanol–water partition coefficient (Wildman–Crippen LogP) is 1.11. The van der Waals surface area contributed by atoms with Crippen molar-refractivity contribution >= 4 is 0 Å². The van der Waals surface area contributed by atoms with E-state index in [0.717, 1.165) is 12.1 Å². The fourth-order valence-corrected chi connectivity index (χ4v) is 7.12. The number of ether oxygens (including phenoxy) is 4. The Balaban J connectivity index is 1.45. The van der Waals surface area contributed by atoms with E-state index in [0.29, 0.717) is 5.56 Å². The molecule has 16 nitrogen and oxygen atoms in total. The van der Waals surface area contributed by atoms with Crippen LogP contribution in [0.4, 0.5) is 0 Å². The van der Waals surface area contributed by atoms with Gasteiger partial charge in [-0.05, 0) is 35.4 Å². The third-order valence-electron chi connectivity index (χ3n) is 9.68. The van der Waals surface area contributed by atoms with E-state index in [1.807, 2.05) is 0 Å². The Morgan fingerprint density at radius 2 is 1.31 bits per heavy atom. The molecular formula is C36H36O16. The van der Waals surface area contributed by atoms with Crippen LogP contribution in [0.15, 0.2) is 60.7 Å². The lowest BCUT2D eigenvalue weighted by Gasteiger charge is -2.46. The second-order valence-corrected chi connectivity index (χ2v) is 13.0. The normalized spacial score (nSPS) is 29.7. The molecule has 7 rings (SSSR count). The van der Waals surface area contributed by atoms with Crippen molar-refractivity contribution in [3.8, 4) is 51.7 Å². The quantitative estimate of drug-likeness (QED) is 0.124. The summed E-state index contributed by atoms with van der Waals surface area (Å²) in [6, 6.07) is 12.6. The van der Waals surface area contributed by atoms with Crippen molar-refractivity contribution in [2.45, 2.75) is 67.5 Å². The Morgan fingerprint density at radius 3 is 2.00 bits per heavy atom. The lowest BCUT2D eigenvalue weighted by molar-refractivity contribution is -0.318. The van der Waals surface area contributed by atoms with E-state index < -0.39 is 102 Å². The molecule has 0 saturated carbocycles. The van der Waals surface area contributed by atoms with E-state index in [9.17, 15) is 61.3 Å². The summed E-state index contributed by atoms with van der Waals surface area (Å²) in [5, 5.41) is 128. The highest BCUT2D eigenvalue weighted by molar-refractivity contribution is 5.66. The number of aliphatic hydroxyl groups is 5. The van der Waals surface area contributed by atoms with Gasteiger partial charge in [0.05, 0.1) is 18.6 Å². The molecule has 12 N–H and O–H groups in total. The molecule has 0 spiro atoms. The molecule has 0 bridgehead atoms. The van der Waals surface area contributed by atoms with Crippen LogP contribution in [0.2, 0.25) is 0 Å². The van der Waals surface area contributed by atoms with Crippen LogP contribution in [0.25, 0.3) is 0 Å². The summed E-state index contributed by atoms with van der Waals surface area (Å²) in [5.74, 6) is -4.79.